The van der Waals surface area contributed by atoms with Crippen molar-refractivity contribution in [2.45, 2.75) is 18.4 Å². The Morgan fingerprint density at radius 1 is 1.14 bits per heavy atom. The summed E-state index contributed by atoms with van der Waals surface area (Å²) in [5.41, 5.74) is 8.95. The van der Waals surface area contributed by atoms with Crippen LogP contribution >= 0.6 is 0 Å². The van der Waals surface area contributed by atoms with Gasteiger partial charge in [0.15, 0.2) is 5.82 Å². The molecule has 0 saturated carbocycles. The van der Waals surface area contributed by atoms with Gasteiger partial charge in [0.1, 0.15) is 17.7 Å². The summed E-state index contributed by atoms with van der Waals surface area (Å²) in [7, 11) is 0. The number of nitrogens with zero attached hydrogens (tertiary/aromatic N) is 4. The van der Waals surface area contributed by atoms with Gasteiger partial charge in [0.25, 0.3) is 0 Å². The molecule has 4 heterocycles. The number of likely N-dealkylation sites (tertiary alicyclic amines) is 1. The van der Waals surface area contributed by atoms with Crippen LogP contribution < -0.4 is 11.1 Å². The molecule has 0 radical (unpaired) electrons. The lowest BCUT2D eigenvalue weighted by molar-refractivity contribution is -0.0535. The molecule has 0 bridgehead atoms. The van der Waals surface area contributed by atoms with Crippen molar-refractivity contribution in [3.63, 3.8) is 0 Å². The molecule has 0 aliphatic carbocycles. The van der Waals surface area contributed by atoms with Crippen LogP contribution in [-0.2, 0) is 4.74 Å². The minimum Gasteiger partial charge on any atom is -0.382 e. The lowest BCUT2D eigenvalue weighted by Crippen LogP contribution is -2.61. The number of benzene rings is 1. The van der Waals surface area contributed by atoms with Crippen molar-refractivity contribution in [3.8, 4) is 11.3 Å². The van der Waals surface area contributed by atoms with Crippen molar-refractivity contribution in [2.75, 3.05) is 43.9 Å². The molecular formula is C21H23FN6O. The number of rotatable bonds is 5. The minimum absolute atomic E-state index is 0.176. The standard InChI is InChI=1S/C21H23FN6O/c22-15-7-14(17-3-4-18-19(26-17)20(23)25-13-24-18)8-16(9-15)27-21(11-29-12-21)10-28-5-1-2-6-28/h3-4,7-9,13,27H,1-2,5-6,10-12H2,(H2,23,24,25). The fraction of sp³-hybridized carbons (Fsp3) is 0.381. The van der Waals surface area contributed by atoms with Crippen LogP contribution in [0.1, 0.15) is 12.8 Å². The molecule has 150 valence electrons. The summed E-state index contributed by atoms with van der Waals surface area (Å²) < 4.78 is 20.0. The van der Waals surface area contributed by atoms with Crippen molar-refractivity contribution >= 4 is 22.5 Å². The Kier molecular flexibility index (Phi) is 4.52. The van der Waals surface area contributed by atoms with Crippen LogP contribution in [0.4, 0.5) is 15.9 Å². The third-order valence-corrected chi connectivity index (χ3v) is 5.59. The van der Waals surface area contributed by atoms with E-state index in [1.54, 1.807) is 0 Å². The van der Waals surface area contributed by atoms with Gasteiger partial charge in [-0.1, -0.05) is 0 Å². The maximum atomic E-state index is 14.4. The SMILES string of the molecule is Nc1ncnc2ccc(-c3cc(F)cc(NC4(CN5CCCC5)COC4)c3)nc12. The number of hydrogen-bond donors (Lipinski definition) is 2. The van der Waals surface area contributed by atoms with E-state index >= 15 is 0 Å². The first kappa shape index (κ1) is 18.2. The molecule has 5 rings (SSSR count). The van der Waals surface area contributed by atoms with Gasteiger partial charge in [0.2, 0.25) is 0 Å². The predicted molar refractivity (Wildman–Crippen MR) is 110 cm³/mol. The van der Waals surface area contributed by atoms with Gasteiger partial charge < -0.3 is 20.7 Å². The average Bonchev–Trinajstić information content (AvgIpc) is 3.19. The second-order valence-electron chi connectivity index (χ2n) is 7.93. The molecule has 2 aliphatic heterocycles. The first-order chi connectivity index (χ1) is 14.1. The molecular weight excluding hydrogens is 371 g/mol. The smallest absolute Gasteiger partial charge is 0.153 e. The second kappa shape index (κ2) is 7.20. The van der Waals surface area contributed by atoms with Crippen LogP contribution in [-0.4, -0.2) is 58.2 Å². The molecule has 3 aromatic rings. The lowest BCUT2D eigenvalue weighted by Gasteiger charge is -2.45. The topological polar surface area (TPSA) is 89.2 Å². The van der Waals surface area contributed by atoms with Gasteiger partial charge in [0, 0.05) is 17.8 Å². The van der Waals surface area contributed by atoms with Gasteiger partial charge >= 0.3 is 0 Å². The predicted octanol–water partition coefficient (Wildman–Crippen LogP) is 2.69. The zero-order valence-corrected chi connectivity index (χ0v) is 16.1. The van der Waals surface area contributed by atoms with Gasteiger partial charge in [-0.15, -0.1) is 0 Å². The fourth-order valence-corrected chi connectivity index (χ4v) is 4.16. The van der Waals surface area contributed by atoms with Crippen molar-refractivity contribution in [1.29, 1.82) is 0 Å². The van der Waals surface area contributed by atoms with Gasteiger partial charge in [0.05, 0.1) is 30.0 Å². The molecule has 0 atom stereocenters. The third kappa shape index (κ3) is 3.61. The van der Waals surface area contributed by atoms with Crippen LogP contribution in [0, 0.1) is 5.82 Å². The maximum Gasteiger partial charge on any atom is 0.153 e. The molecule has 2 fully saturated rings. The number of anilines is 2. The van der Waals surface area contributed by atoms with Crippen LogP contribution in [0.25, 0.3) is 22.3 Å². The lowest BCUT2D eigenvalue weighted by atomic mass is 9.95. The average molecular weight is 394 g/mol. The van der Waals surface area contributed by atoms with Crippen molar-refractivity contribution in [3.05, 3.63) is 42.5 Å². The Hall–Kier alpha value is -2.84. The first-order valence-electron chi connectivity index (χ1n) is 9.87. The van der Waals surface area contributed by atoms with Crippen LogP contribution in [0.5, 0.6) is 0 Å². The number of aromatic nitrogens is 3. The number of nitrogens with one attached hydrogen (secondary N) is 1. The number of ether oxygens (including phenoxy) is 1. The normalized spacial score (nSPS) is 18.7. The number of halogens is 1. The molecule has 29 heavy (non-hydrogen) atoms. The van der Waals surface area contributed by atoms with E-state index in [9.17, 15) is 4.39 Å². The van der Waals surface area contributed by atoms with Crippen LogP contribution in [0.15, 0.2) is 36.7 Å². The molecule has 0 spiro atoms. The zero-order valence-electron chi connectivity index (χ0n) is 16.1. The monoisotopic (exact) mass is 394 g/mol. The molecule has 2 aliphatic rings. The highest BCUT2D eigenvalue weighted by molar-refractivity contribution is 5.86. The maximum absolute atomic E-state index is 14.4. The molecule has 8 heteroatoms. The van der Waals surface area contributed by atoms with E-state index in [0.29, 0.717) is 41.3 Å². The Balaban J connectivity index is 1.45. The molecule has 1 aromatic carbocycles. The van der Waals surface area contributed by atoms with Gasteiger partial charge in [-0.05, 0) is 56.3 Å². The second-order valence-corrected chi connectivity index (χ2v) is 7.93. The Bertz CT molecular complexity index is 1050. The first-order valence-corrected chi connectivity index (χ1v) is 9.87. The highest BCUT2D eigenvalue weighted by atomic mass is 19.1. The number of pyridine rings is 1. The van der Waals surface area contributed by atoms with E-state index in [1.165, 1.54) is 31.3 Å². The Morgan fingerprint density at radius 3 is 2.72 bits per heavy atom. The molecule has 2 aromatic heterocycles. The summed E-state index contributed by atoms with van der Waals surface area (Å²) in [6.45, 7) is 4.38. The molecule has 2 saturated heterocycles. The summed E-state index contributed by atoms with van der Waals surface area (Å²) in [5.74, 6) is -0.0106. The quantitative estimate of drug-likeness (QED) is 0.688. The van der Waals surface area contributed by atoms with Gasteiger partial charge in [-0.2, -0.15) is 0 Å². The minimum atomic E-state index is -0.319. The van der Waals surface area contributed by atoms with Gasteiger partial charge in [-0.3, -0.25) is 0 Å². The van der Waals surface area contributed by atoms with E-state index in [1.807, 2.05) is 18.2 Å². The summed E-state index contributed by atoms with van der Waals surface area (Å²) in [6.07, 6.45) is 3.88. The molecule has 0 amide bonds. The van der Waals surface area contributed by atoms with Crippen molar-refractivity contribution in [1.82, 2.24) is 19.9 Å². The van der Waals surface area contributed by atoms with E-state index in [0.717, 1.165) is 25.3 Å². The Morgan fingerprint density at radius 2 is 1.97 bits per heavy atom. The molecule has 0 unspecified atom stereocenters. The highest BCUT2D eigenvalue weighted by Gasteiger charge is 2.40. The van der Waals surface area contributed by atoms with E-state index in [4.69, 9.17) is 10.5 Å². The fourth-order valence-electron chi connectivity index (χ4n) is 4.16. The highest BCUT2D eigenvalue weighted by Crippen LogP contribution is 2.30. The van der Waals surface area contributed by atoms with Crippen molar-refractivity contribution in [2.24, 2.45) is 0 Å². The molecule has 3 N–H and O–H groups in total. The van der Waals surface area contributed by atoms with Crippen LogP contribution in [0.3, 0.4) is 0 Å². The van der Waals surface area contributed by atoms with E-state index in [2.05, 4.69) is 25.2 Å². The third-order valence-electron chi connectivity index (χ3n) is 5.59. The van der Waals surface area contributed by atoms with Crippen molar-refractivity contribution < 1.29 is 9.13 Å². The number of hydrogen-bond acceptors (Lipinski definition) is 7. The van der Waals surface area contributed by atoms with Gasteiger partial charge in [-0.25, -0.2) is 19.3 Å². The largest absolute Gasteiger partial charge is 0.382 e. The van der Waals surface area contributed by atoms with Crippen LogP contribution in [0.2, 0.25) is 0 Å². The summed E-state index contributed by atoms with van der Waals surface area (Å²) >= 11 is 0. The summed E-state index contributed by atoms with van der Waals surface area (Å²) in [5, 5.41) is 3.53. The zero-order chi connectivity index (χ0) is 19.8. The molecule has 7 nitrogen and oxygen atoms in total. The number of nitrogen functional groups attached to an aromatic ring is 1. The van der Waals surface area contributed by atoms with E-state index < -0.39 is 0 Å². The summed E-state index contributed by atoms with van der Waals surface area (Å²) in [4.78, 5) is 15.2. The summed E-state index contributed by atoms with van der Waals surface area (Å²) in [6, 6.07) is 8.55. The number of nitrogens with two attached hydrogens (primary N) is 1. The Labute approximate surface area is 168 Å². The van der Waals surface area contributed by atoms with E-state index in [-0.39, 0.29) is 11.4 Å². The number of fused-ring (bicyclic) bond motifs is 1.